The maximum absolute atomic E-state index is 5.90. The fourth-order valence-corrected chi connectivity index (χ4v) is 5.41. The quantitative estimate of drug-likeness (QED) is 0.295. The van der Waals surface area contributed by atoms with Crippen LogP contribution in [0, 0.1) is 0 Å². The normalized spacial score (nSPS) is 11.9. The summed E-state index contributed by atoms with van der Waals surface area (Å²) in [5.41, 5.74) is 8.33. The Hall–Kier alpha value is -3.00. The van der Waals surface area contributed by atoms with Gasteiger partial charge >= 0.3 is 0 Å². The molecule has 2 nitrogen and oxygen atoms in total. The van der Waals surface area contributed by atoms with Crippen LogP contribution in [0.3, 0.4) is 0 Å². The molecular formula is C28H28O2. The minimum atomic E-state index is 0.942. The van der Waals surface area contributed by atoms with Crippen LogP contribution in [0.15, 0.2) is 48.5 Å². The predicted octanol–water partition coefficient (Wildman–Crippen LogP) is 7.56. The van der Waals surface area contributed by atoms with Gasteiger partial charge in [-0.15, -0.1) is 0 Å². The average molecular weight is 397 g/mol. The molecule has 0 aliphatic heterocycles. The van der Waals surface area contributed by atoms with Crippen LogP contribution in [0.1, 0.15) is 37.8 Å². The molecule has 0 N–H and O–H groups in total. The van der Waals surface area contributed by atoms with E-state index in [4.69, 9.17) is 9.47 Å². The number of hydrogen-bond donors (Lipinski definition) is 0. The van der Waals surface area contributed by atoms with Gasteiger partial charge in [0.05, 0.1) is 14.2 Å². The van der Waals surface area contributed by atoms with Crippen molar-refractivity contribution in [3.63, 3.8) is 0 Å². The molecule has 0 saturated carbocycles. The van der Waals surface area contributed by atoms with Crippen molar-refractivity contribution in [3.05, 3.63) is 59.7 Å². The number of benzene rings is 4. The second-order valence-corrected chi connectivity index (χ2v) is 8.14. The lowest BCUT2D eigenvalue weighted by Gasteiger charge is -2.22. The molecule has 30 heavy (non-hydrogen) atoms. The van der Waals surface area contributed by atoms with Crippen molar-refractivity contribution in [1.29, 1.82) is 0 Å². The molecule has 0 spiro atoms. The van der Waals surface area contributed by atoms with Crippen LogP contribution in [-0.4, -0.2) is 14.2 Å². The highest BCUT2D eigenvalue weighted by Crippen LogP contribution is 2.55. The summed E-state index contributed by atoms with van der Waals surface area (Å²) in [5, 5.41) is 5.16. The second-order valence-electron chi connectivity index (χ2n) is 8.14. The fourth-order valence-electron chi connectivity index (χ4n) is 5.41. The fraction of sp³-hybridized carbons (Fsp3) is 0.286. The molecule has 0 bridgehead atoms. The first-order chi connectivity index (χ1) is 14.7. The molecule has 0 saturated heterocycles. The van der Waals surface area contributed by atoms with E-state index in [1.54, 1.807) is 14.2 Å². The van der Waals surface area contributed by atoms with Gasteiger partial charge in [0.25, 0.3) is 0 Å². The number of rotatable bonds is 6. The SMILES string of the molecule is CCCc1c2c(c(CCC)c3c(OC)ccc(OC)c13)-c1cccc3cccc-2c13. The van der Waals surface area contributed by atoms with Crippen LogP contribution in [0.2, 0.25) is 0 Å². The minimum Gasteiger partial charge on any atom is -0.496 e. The summed E-state index contributed by atoms with van der Waals surface area (Å²) in [4.78, 5) is 0. The van der Waals surface area contributed by atoms with Gasteiger partial charge < -0.3 is 9.47 Å². The van der Waals surface area contributed by atoms with Crippen molar-refractivity contribution in [2.24, 2.45) is 0 Å². The van der Waals surface area contributed by atoms with Crippen molar-refractivity contribution >= 4 is 21.5 Å². The first kappa shape index (κ1) is 19.0. The third kappa shape index (κ3) is 2.49. The van der Waals surface area contributed by atoms with E-state index in [1.165, 1.54) is 54.9 Å². The first-order valence-electron chi connectivity index (χ1n) is 11.0. The zero-order chi connectivity index (χ0) is 20.8. The predicted molar refractivity (Wildman–Crippen MR) is 127 cm³/mol. The number of ether oxygens (including phenoxy) is 2. The summed E-state index contributed by atoms with van der Waals surface area (Å²) < 4.78 is 11.8. The van der Waals surface area contributed by atoms with E-state index >= 15 is 0 Å². The van der Waals surface area contributed by atoms with Gasteiger partial charge in [-0.2, -0.15) is 0 Å². The van der Waals surface area contributed by atoms with E-state index in [-0.39, 0.29) is 0 Å². The lowest BCUT2D eigenvalue weighted by Crippen LogP contribution is -2.02. The van der Waals surface area contributed by atoms with Gasteiger partial charge in [-0.25, -0.2) is 0 Å². The Balaban J connectivity index is 2.07. The molecule has 1 aliphatic rings. The van der Waals surface area contributed by atoms with Gasteiger partial charge in [-0.3, -0.25) is 0 Å². The molecule has 0 amide bonds. The summed E-state index contributed by atoms with van der Waals surface area (Å²) in [6.07, 6.45) is 4.20. The molecule has 0 heterocycles. The van der Waals surface area contributed by atoms with Crippen LogP contribution >= 0.6 is 0 Å². The number of methoxy groups -OCH3 is 2. The van der Waals surface area contributed by atoms with E-state index in [2.05, 4.69) is 62.4 Å². The van der Waals surface area contributed by atoms with Gasteiger partial charge in [0.15, 0.2) is 0 Å². The van der Waals surface area contributed by atoms with Crippen LogP contribution < -0.4 is 9.47 Å². The molecule has 2 heteroatoms. The topological polar surface area (TPSA) is 18.5 Å². The standard InChI is InChI=1S/C28H28O2/c1-5-9-18-25-20-13-7-11-17-12-8-14-21(24(17)20)26(25)19(10-6-2)28-23(30-4)16-15-22(29-3)27(18)28/h7-8,11-16H,5-6,9-10H2,1-4H3. The second kappa shape index (κ2) is 7.36. The van der Waals surface area contributed by atoms with E-state index in [1.807, 2.05) is 0 Å². The monoisotopic (exact) mass is 396 g/mol. The molecule has 0 radical (unpaired) electrons. The zero-order valence-corrected chi connectivity index (χ0v) is 18.3. The Morgan fingerprint density at radius 2 is 1.07 bits per heavy atom. The van der Waals surface area contributed by atoms with Gasteiger partial charge in [0.2, 0.25) is 0 Å². The molecular weight excluding hydrogens is 368 g/mol. The van der Waals surface area contributed by atoms with Crippen molar-refractivity contribution in [1.82, 2.24) is 0 Å². The molecule has 1 aliphatic carbocycles. The van der Waals surface area contributed by atoms with Crippen LogP contribution in [0.5, 0.6) is 11.5 Å². The van der Waals surface area contributed by atoms with Gasteiger partial charge in [-0.1, -0.05) is 63.1 Å². The van der Waals surface area contributed by atoms with E-state index in [0.717, 1.165) is 37.2 Å². The first-order valence-corrected chi connectivity index (χ1v) is 11.0. The molecule has 4 aromatic rings. The van der Waals surface area contributed by atoms with Gasteiger partial charge in [0, 0.05) is 10.8 Å². The Morgan fingerprint density at radius 3 is 1.47 bits per heavy atom. The van der Waals surface area contributed by atoms with E-state index < -0.39 is 0 Å². The molecule has 4 aromatic carbocycles. The summed E-state index contributed by atoms with van der Waals surface area (Å²) in [5.74, 6) is 1.88. The highest BCUT2D eigenvalue weighted by atomic mass is 16.5. The summed E-state index contributed by atoms with van der Waals surface area (Å²) >= 11 is 0. The van der Waals surface area contributed by atoms with Crippen molar-refractivity contribution in [2.45, 2.75) is 39.5 Å². The minimum absolute atomic E-state index is 0.942. The summed E-state index contributed by atoms with van der Waals surface area (Å²) in [7, 11) is 3.55. The number of aryl methyl sites for hydroxylation is 2. The molecule has 152 valence electrons. The van der Waals surface area contributed by atoms with Crippen LogP contribution in [0.25, 0.3) is 43.8 Å². The Morgan fingerprint density at radius 1 is 0.600 bits per heavy atom. The summed E-state index contributed by atoms with van der Waals surface area (Å²) in [6.45, 7) is 4.51. The zero-order valence-electron chi connectivity index (χ0n) is 18.3. The van der Waals surface area contributed by atoms with Crippen molar-refractivity contribution < 1.29 is 9.47 Å². The molecule has 0 aromatic heterocycles. The molecule has 0 unspecified atom stereocenters. The highest BCUT2D eigenvalue weighted by molar-refractivity contribution is 6.21. The lowest BCUT2D eigenvalue weighted by molar-refractivity contribution is 0.410. The van der Waals surface area contributed by atoms with Crippen LogP contribution in [-0.2, 0) is 12.8 Å². The highest BCUT2D eigenvalue weighted by Gasteiger charge is 2.30. The van der Waals surface area contributed by atoms with Gasteiger partial charge in [-0.05, 0) is 69.1 Å². The Bertz CT molecular complexity index is 1190. The Labute approximate surface area is 178 Å². The van der Waals surface area contributed by atoms with Crippen LogP contribution in [0.4, 0.5) is 0 Å². The molecule has 0 fully saturated rings. The Kier molecular flexibility index (Phi) is 4.66. The largest absolute Gasteiger partial charge is 0.496 e. The lowest BCUT2D eigenvalue weighted by atomic mass is 9.84. The maximum Gasteiger partial charge on any atom is 0.127 e. The average Bonchev–Trinajstić information content (AvgIpc) is 3.11. The maximum atomic E-state index is 5.90. The van der Waals surface area contributed by atoms with E-state index in [0.29, 0.717) is 0 Å². The molecule has 5 rings (SSSR count). The third-order valence-corrected chi connectivity index (χ3v) is 6.47. The number of fused-ring (bicyclic) bond motifs is 4. The van der Waals surface area contributed by atoms with E-state index in [9.17, 15) is 0 Å². The molecule has 0 atom stereocenters. The van der Waals surface area contributed by atoms with Gasteiger partial charge in [0.1, 0.15) is 11.5 Å². The smallest absolute Gasteiger partial charge is 0.127 e. The van der Waals surface area contributed by atoms with Crippen molar-refractivity contribution in [2.75, 3.05) is 14.2 Å². The third-order valence-electron chi connectivity index (χ3n) is 6.47. The number of hydrogen-bond acceptors (Lipinski definition) is 2. The summed E-state index contributed by atoms with van der Waals surface area (Å²) in [6, 6.07) is 17.6. The van der Waals surface area contributed by atoms with Crippen molar-refractivity contribution in [3.8, 4) is 33.8 Å².